The Kier molecular flexibility index (Phi) is 3.08. The average molecular weight is 202 g/mol. The lowest BCUT2D eigenvalue weighted by atomic mass is 10.1. The number of aromatic nitrogens is 1. The van der Waals surface area contributed by atoms with E-state index in [1.807, 2.05) is 0 Å². The van der Waals surface area contributed by atoms with Gasteiger partial charge in [-0.15, -0.1) is 0 Å². The predicted octanol–water partition coefficient (Wildman–Crippen LogP) is 0.314. The summed E-state index contributed by atoms with van der Waals surface area (Å²) in [7, 11) is 0. The number of pyridine rings is 1. The molecule has 0 aliphatic carbocycles. The van der Waals surface area contributed by atoms with E-state index in [-0.39, 0.29) is 12.0 Å². The molecule has 1 atom stereocenters. The Bertz CT molecular complexity index is 357. The summed E-state index contributed by atoms with van der Waals surface area (Å²) >= 11 is 0. The van der Waals surface area contributed by atoms with Gasteiger partial charge in [0.1, 0.15) is 6.04 Å². The van der Waals surface area contributed by atoms with Crippen LogP contribution in [0, 0.1) is 11.9 Å². The Morgan fingerprint density at radius 1 is 1.57 bits per heavy atom. The van der Waals surface area contributed by atoms with Crippen LogP contribution in [-0.2, 0) is 11.2 Å². The van der Waals surface area contributed by atoms with Crippen LogP contribution in [0.15, 0.2) is 12.1 Å². The van der Waals surface area contributed by atoms with Gasteiger partial charge >= 0.3 is 5.97 Å². The number of nitrogens with zero attached hydrogens (tertiary/aromatic N) is 1. The molecular weight excluding hydrogens is 194 g/mol. The maximum absolute atomic E-state index is 12.9. The van der Waals surface area contributed by atoms with Gasteiger partial charge in [0.15, 0.2) is 0 Å². The van der Waals surface area contributed by atoms with E-state index in [2.05, 4.69) is 4.98 Å². The van der Waals surface area contributed by atoms with Gasteiger partial charge in [-0.05, 0) is 12.1 Å². The highest BCUT2D eigenvalue weighted by Gasteiger charge is 2.15. The van der Waals surface area contributed by atoms with Gasteiger partial charge in [0.2, 0.25) is 11.9 Å². The molecule has 0 aliphatic rings. The number of halogens is 2. The number of carboxylic acids is 1. The van der Waals surface area contributed by atoms with E-state index in [0.717, 1.165) is 12.1 Å². The maximum atomic E-state index is 12.9. The molecule has 0 radical (unpaired) electrons. The summed E-state index contributed by atoms with van der Waals surface area (Å²) in [5.41, 5.74) is 5.16. The summed E-state index contributed by atoms with van der Waals surface area (Å²) in [5.74, 6) is -3.22. The van der Waals surface area contributed by atoms with Crippen molar-refractivity contribution in [1.82, 2.24) is 4.98 Å². The number of nitrogens with two attached hydrogens (primary N) is 1. The number of carboxylic acid groups (broad SMARTS) is 1. The van der Waals surface area contributed by atoms with Crippen LogP contribution in [0.2, 0.25) is 0 Å². The van der Waals surface area contributed by atoms with E-state index in [1.165, 1.54) is 0 Å². The topological polar surface area (TPSA) is 76.2 Å². The Balaban J connectivity index is 2.82. The fraction of sp³-hybridized carbons (Fsp3) is 0.250. The summed E-state index contributed by atoms with van der Waals surface area (Å²) in [4.78, 5) is 13.2. The fourth-order valence-corrected chi connectivity index (χ4v) is 0.917. The quantitative estimate of drug-likeness (QED) is 0.692. The SMILES string of the molecule is N[C@@H](Cc1ccc(F)nc1F)C(=O)O. The van der Waals surface area contributed by atoms with Crippen molar-refractivity contribution in [2.45, 2.75) is 12.5 Å². The van der Waals surface area contributed by atoms with Crippen molar-refractivity contribution >= 4 is 5.97 Å². The molecule has 14 heavy (non-hydrogen) atoms. The lowest BCUT2D eigenvalue weighted by Gasteiger charge is -2.06. The van der Waals surface area contributed by atoms with Crippen LogP contribution < -0.4 is 5.73 Å². The third kappa shape index (κ3) is 2.46. The smallest absolute Gasteiger partial charge is 0.320 e. The molecule has 6 heteroatoms. The lowest BCUT2D eigenvalue weighted by molar-refractivity contribution is -0.138. The Hall–Kier alpha value is -1.56. The molecule has 0 saturated carbocycles. The second kappa shape index (κ2) is 4.10. The first-order valence-corrected chi connectivity index (χ1v) is 3.80. The Morgan fingerprint density at radius 3 is 2.71 bits per heavy atom. The summed E-state index contributed by atoms with van der Waals surface area (Å²) in [6.45, 7) is 0. The Morgan fingerprint density at radius 2 is 2.21 bits per heavy atom. The van der Waals surface area contributed by atoms with Gasteiger partial charge in [0, 0.05) is 12.0 Å². The van der Waals surface area contributed by atoms with Gasteiger partial charge in [0.25, 0.3) is 0 Å². The van der Waals surface area contributed by atoms with Crippen molar-refractivity contribution in [1.29, 1.82) is 0 Å². The molecule has 0 spiro atoms. The van der Waals surface area contributed by atoms with E-state index in [1.54, 1.807) is 0 Å². The van der Waals surface area contributed by atoms with Crippen molar-refractivity contribution in [2.24, 2.45) is 5.73 Å². The second-order valence-electron chi connectivity index (χ2n) is 2.73. The highest BCUT2D eigenvalue weighted by Crippen LogP contribution is 2.07. The lowest BCUT2D eigenvalue weighted by Crippen LogP contribution is -2.32. The van der Waals surface area contributed by atoms with Crippen LogP contribution in [0.5, 0.6) is 0 Å². The minimum absolute atomic E-state index is 0.0127. The molecule has 1 rings (SSSR count). The van der Waals surface area contributed by atoms with Gasteiger partial charge in [-0.3, -0.25) is 4.79 Å². The summed E-state index contributed by atoms with van der Waals surface area (Å²) < 4.78 is 25.2. The van der Waals surface area contributed by atoms with E-state index < -0.39 is 23.9 Å². The molecule has 0 amide bonds. The fourth-order valence-electron chi connectivity index (χ4n) is 0.917. The number of hydrogen-bond acceptors (Lipinski definition) is 3. The standard InChI is InChI=1S/C8H8F2N2O2/c9-6-2-1-4(7(10)12-6)3-5(11)8(13)14/h1-2,5H,3,11H2,(H,13,14)/t5-/m0/s1. The molecule has 0 aliphatic heterocycles. The first kappa shape index (κ1) is 10.5. The molecule has 0 unspecified atom stereocenters. The zero-order valence-electron chi connectivity index (χ0n) is 7.08. The van der Waals surface area contributed by atoms with Gasteiger partial charge in [-0.2, -0.15) is 13.8 Å². The molecule has 4 nitrogen and oxygen atoms in total. The van der Waals surface area contributed by atoms with Crippen LogP contribution in [0.1, 0.15) is 5.56 Å². The molecule has 76 valence electrons. The van der Waals surface area contributed by atoms with Gasteiger partial charge < -0.3 is 10.8 Å². The number of rotatable bonds is 3. The van der Waals surface area contributed by atoms with Crippen molar-refractivity contribution in [2.75, 3.05) is 0 Å². The zero-order valence-corrected chi connectivity index (χ0v) is 7.08. The molecule has 1 aromatic heterocycles. The van der Waals surface area contributed by atoms with Gasteiger partial charge in [0.05, 0.1) is 0 Å². The van der Waals surface area contributed by atoms with Gasteiger partial charge in [-0.25, -0.2) is 0 Å². The summed E-state index contributed by atoms with van der Waals surface area (Å²) in [6, 6.07) is 0.866. The van der Waals surface area contributed by atoms with Crippen molar-refractivity contribution in [3.8, 4) is 0 Å². The summed E-state index contributed by atoms with van der Waals surface area (Å²) in [6.07, 6.45) is -0.214. The van der Waals surface area contributed by atoms with Crippen LogP contribution in [-0.4, -0.2) is 22.1 Å². The Labute approximate surface area is 78.4 Å². The van der Waals surface area contributed by atoms with E-state index in [9.17, 15) is 13.6 Å². The third-order valence-corrected chi connectivity index (χ3v) is 1.65. The first-order valence-electron chi connectivity index (χ1n) is 3.80. The maximum Gasteiger partial charge on any atom is 0.320 e. The molecular formula is C8H8F2N2O2. The van der Waals surface area contributed by atoms with Crippen molar-refractivity contribution in [3.05, 3.63) is 29.6 Å². The van der Waals surface area contributed by atoms with Crippen LogP contribution >= 0.6 is 0 Å². The van der Waals surface area contributed by atoms with Crippen LogP contribution in [0.3, 0.4) is 0 Å². The van der Waals surface area contributed by atoms with E-state index in [4.69, 9.17) is 10.8 Å². The normalized spacial score (nSPS) is 12.5. The molecule has 1 heterocycles. The minimum atomic E-state index is -1.24. The highest BCUT2D eigenvalue weighted by molar-refractivity contribution is 5.73. The molecule has 0 bridgehead atoms. The molecule has 1 aromatic rings. The minimum Gasteiger partial charge on any atom is -0.480 e. The number of hydrogen-bond donors (Lipinski definition) is 2. The van der Waals surface area contributed by atoms with Crippen molar-refractivity contribution in [3.63, 3.8) is 0 Å². The third-order valence-electron chi connectivity index (χ3n) is 1.65. The monoisotopic (exact) mass is 202 g/mol. The largest absolute Gasteiger partial charge is 0.480 e. The number of aliphatic carboxylic acids is 1. The van der Waals surface area contributed by atoms with Crippen LogP contribution in [0.4, 0.5) is 8.78 Å². The zero-order chi connectivity index (χ0) is 10.7. The van der Waals surface area contributed by atoms with Gasteiger partial charge in [-0.1, -0.05) is 0 Å². The summed E-state index contributed by atoms with van der Waals surface area (Å²) in [5, 5.41) is 8.45. The first-order chi connectivity index (χ1) is 6.50. The second-order valence-corrected chi connectivity index (χ2v) is 2.73. The molecule has 0 aromatic carbocycles. The van der Waals surface area contributed by atoms with E-state index >= 15 is 0 Å². The van der Waals surface area contributed by atoms with Crippen molar-refractivity contribution < 1.29 is 18.7 Å². The van der Waals surface area contributed by atoms with Crippen LogP contribution in [0.25, 0.3) is 0 Å². The molecule has 0 fully saturated rings. The average Bonchev–Trinajstić information content (AvgIpc) is 2.09. The number of carbonyl (C=O) groups is 1. The molecule has 0 saturated heterocycles. The van der Waals surface area contributed by atoms with E-state index in [0.29, 0.717) is 0 Å². The molecule has 3 N–H and O–H groups in total. The highest BCUT2D eigenvalue weighted by atomic mass is 19.1. The predicted molar refractivity (Wildman–Crippen MR) is 43.5 cm³/mol.